The SMILES string of the molecule is COc1ccc(N(CC(=O)c2ccc(Cl)cc2)C2=NCCCC2)cc1. The van der Waals surface area contributed by atoms with Crippen molar-refractivity contribution in [2.24, 2.45) is 4.99 Å². The van der Waals surface area contributed by atoms with Gasteiger partial charge in [0.15, 0.2) is 5.78 Å². The Bertz CT molecular complexity index is 754. The summed E-state index contributed by atoms with van der Waals surface area (Å²) < 4.78 is 5.23. The molecule has 25 heavy (non-hydrogen) atoms. The molecule has 0 atom stereocenters. The minimum absolute atomic E-state index is 0.0424. The Labute approximate surface area is 153 Å². The van der Waals surface area contributed by atoms with Crippen LogP contribution in [0.2, 0.25) is 5.02 Å². The Kier molecular flexibility index (Phi) is 5.71. The third-order valence-electron chi connectivity index (χ3n) is 4.27. The zero-order valence-electron chi connectivity index (χ0n) is 14.2. The number of halogens is 1. The molecule has 0 N–H and O–H groups in total. The number of amidine groups is 1. The van der Waals surface area contributed by atoms with Gasteiger partial charge < -0.3 is 9.64 Å². The van der Waals surface area contributed by atoms with Crippen molar-refractivity contribution < 1.29 is 9.53 Å². The number of hydrogen-bond donors (Lipinski definition) is 0. The van der Waals surface area contributed by atoms with E-state index in [4.69, 9.17) is 16.3 Å². The largest absolute Gasteiger partial charge is 0.497 e. The maximum atomic E-state index is 12.7. The summed E-state index contributed by atoms with van der Waals surface area (Å²) in [5.41, 5.74) is 1.60. The molecule has 130 valence electrons. The highest BCUT2D eigenvalue weighted by Gasteiger charge is 2.20. The first kappa shape index (κ1) is 17.5. The topological polar surface area (TPSA) is 41.9 Å². The number of anilines is 1. The second kappa shape index (κ2) is 8.17. The van der Waals surface area contributed by atoms with Gasteiger partial charge in [-0.25, -0.2) is 0 Å². The lowest BCUT2D eigenvalue weighted by molar-refractivity contribution is 0.100. The van der Waals surface area contributed by atoms with E-state index < -0.39 is 0 Å². The molecule has 0 spiro atoms. The zero-order valence-corrected chi connectivity index (χ0v) is 15.0. The van der Waals surface area contributed by atoms with Crippen LogP contribution in [0.4, 0.5) is 5.69 Å². The molecule has 2 aromatic rings. The highest BCUT2D eigenvalue weighted by atomic mass is 35.5. The fourth-order valence-corrected chi connectivity index (χ4v) is 2.99. The highest BCUT2D eigenvalue weighted by Crippen LogP contribution is 2.23. The second-order valence-electron chi connectivity index (χ2n) is 5.97. The number of carbonyl (C=O) groups is 1. The number of ketones is 1. The zero-order chi connectivity index (χ0) is 17.6. The number of hydrogen-bond acceptors (Lipinski definition) is 4. The van der Waals surface area contributed by atoms with Crippen LogP contribution in [0.3, 0.4) is 0 Å². The van der Waals surface area contributed by atoms with Gasteiger partial charge in [0, 0.05) is 29.2 Å². The van der Waals surface area contributed by atoms with Crippen LogP contribution in [-0.4, -0.2) is 31.8 Å². The minimum atomic E-state index is 0.0424. The first-order valence-corrected chi connectivity index (χ1v) is 8.79. The second-order valence-corrected chi connectivity index (χ2v) is 6.41. The maximum Gasteiger partial charge on any atom is 0.182 e. The van der Waals surface area contributed by atoms with Crippen LogP contribution >= 0.6 is 11.6 Å². The van der Waals surface area contributed by atoms with Gasteiger partial charge in [0.1, 0.15) is 11.6 Å². The van der Waals surface area contributed by atoms with Gasteiger partial charge >= 0.3 is 0 Å². The number of carbonyl (C=O) groups excluding carboxylic acids is 1. The van der Waals surface area contributed by atoms with E-state index in [1.807, 2.05) is 29.2 Å². The molecule has 0 fully saturated rings. The molecule has 0 bridgehead atoms. The minimum Gasteiger partial charge on any atom is -0.497 e. The fourth-order valence-electron chi connectivity index (χ4n) is 2.87. The Hall–Kier alpha value is -2.33. The molecule has 4 nitrogen and oxygen atoms in total. The molecule has 5 heteroatoms. The van der Waals surface area contributed by atoms with Crippen molar-refractivity contribution in [1.29, 1.82) is 0 Å². The smallest absolute Gasteiger partial charge is 0.182 e. The van der Waals surface area contributed by atoms with Gasteiger partial charge in [-0.05, 0) is 61.4 Å². The van der Waals surface area contributed by atoms with Crippen molar-refractivity contribution >= 4 is 28.9 Å². The number of rotatable bonds is 5. The van der Waals surface area contributed by atoms with Crippen LogP contribution in [0.15, 0.2) is 53.5 Å². The molecule has 1 aliphatic heterocycles. The summed E-state index contributed by atoms with van der Waals surface area (Å²) >= 11 is 5.92. The van der Waals surface area contributed by atoms with Crippen molar-refractivity contribution in [3.63, 3.8) is 0 Å². The van der Waals surface area contributed by atoms with E-state index in [1.54, 1.807) is 31.4 Å². The van der Waals surface area contributed by atoms with E-state index in [9.17, 15) is 4.79 Å². The molecule has 0 radical (unpaired) electrons. The number of methoxy groups -OCH3 is 1. The highest BCUT2D eigenvalue weighted by molar-refractivity contribution is 6.30. The third kappa shape index (κ3) is 4.40. The van der Waals surface area contributed by atoms with Crippen LogP contribution in [0.5, 0.6) is 5.75 Å². The fraction of sp³-hybridized carbons (Fsp3) is 0.300. The van der Waals surface area contributed by atoms with Gasteiger partial charge in [0.05, 0.1) is 13.7 Å². The van der Waals surface area contributed by atoms with Gasteiger partial charge in [-0.15, -0.1) is 0 Å². The van der Waals surface area contributed by atoms with E-state index in [1.165, 1.54) is 0 Å². The molecule has 0 saturated carbocycles. The van der Waals surface area contributed by atoms with Crippen molar-refractivity contribution in [1.82, 2.24) is 0 Å². The Balaban J connectivity index is 1.86. The maximum absolute atomic E-state index is 12.7. The summed E-state index contributed by atoms with van der Waals surface area (Å²) in [6.07, 6.45) is 3.09. The number of nitrogens with zero attached hydrogens (tertiary/aromatic N) is 2. The Morgan fingerprint density at radius 3 is 2.44 bits per heavy atom. The van der Waals surface area contributed by atoms with E-state index in [0.717, 1.165) is 43.1 Å². The van der Waals surface area contributed by atoms with Crippen LogP contribution in [0.1, 0.15) is 29.6 Å². The van der Waals surface area contributed by atoms with Crippen molar-refractivity contribution in [3.05, 3.63) is 59.1 Å². The molecular formula is C20H21ClN2O2. The van der Waals surface area contributed by atoms with Crippen LogP contribution in [0, 0.1) is 0 Å². The predicted octanol–water partition coefficient (Wildman–Crippen LogP) is 4.62. The van der Waals surface area contributed by atoms with E-state index >= 15 is 0 Å². The normalized spacial score (nSPS) is 13.9. The molecule has 3 rings (SSSR count). The van der Waals surface area contributed by atoms with Crippen molar-refractivity contribution in [2.75, 3.05) is 25.1 Å². The van der Waals surface area contributed by atoms with Gasteiger partial charge in [0.2, 0.25) is 0 Å². The average molecular weight is 357 g/mol. The molecular weight excluding hydrogens is 336 g/mol. The molecule has 2 aromatic carbocycles. The van der Waals surface area contributed by atoms with E-state index in [0.29, 0.717) is 10.6 Å². The van der Waals surface area contributed by atoms with Crippen LogP contribution in [-0.2, 0) is 0 Å². The first-order chi connectivity index (χ1) is 12.2. The van der Waals surface area contributed by atoms with Crippen LogP contribution in [0.25, 0.3) is 0 Å². The number of Topliss-reactive ketones (excluding diaryl/α,β-unsaturated/α-hetero) is 1. The number of benzene rings is 2. The van der Waals surface area contributed by atoms with E-state index in [2.05, 4.69) is 4.99 Å². The van der Waals surface area contributed by atoms with Gasteiger partial charge in [-0.3, -0.25) is 9.79 Å². The lowest BCUT2D eigenvalue weighted by Gasteiger charge is -2.28. The molecule has 1 heterocycles. The monoisotopic (exact) mass is 356 g/mol. The number of aliphatic imine (C=N–C) groups is 1. The summed E-state index contributed by atoms with van der Waals surface area (Å²) in [5.74, 6) is 1.80. The molecule has 0 amide bonds. The summed E-state index contributed by atoms with van der Waals surface area (Å²) in [5, 5.41) is 0.625. The van der Waals surface area contributed by atoms with Crippen molar-refractivity contribution in [3.8, 4) is 5.75 Å². The molecule has 0 unspecified atom stereocenters. The quantitative estimate of drug-likeness (QED) is 0.734. The standard InChI is InChI=1S/C20H21ClN2O2/c1-25-18-11-9-17(10-12-18)23(20-4-2-3-13-22-20)14-19(24)15-5-7-16(21)8-6-15/h5-12H,2-4,13-14H2,1H3. The Morgan fingerprint density at radius 2 is 1.84 bits per heavy atom. The molecule has 1 aliphatic rings. The van der Waals surface area contributed by atoms with Crippen molar-refractivity contribution in [2.45, 2.75) is 19.3 Å². The summed E-state index contributed by atoms with van der Waals surface area (Å²) in [6, 6.07) is 14.7. The summed E-state index contributed by atoms with van der Waals surface area (Å²) in [6.45, 7) is 1.07. The molecule has 0 aromatic heterocycles. The predicted molar refractivity (Wildman–Crippen MR) is 102 cm³/mol. The first-order valence-electron chi connectivity index (χ1n) is 8.41. The lowest BCUT2D eigenvalue weighted by atomic mass is 10.1. The molecule has 0 aliphatic carbocycles. The van der Waals surface area contributed by atoms with Gasteiger partial charge in [-0.2, -0.15) is 0 Å². The van der Waals surface area contributed by atoms with Gasteiger partial charge in [0.25, 0.3) is 0 Å². The number of ether oxygens (including phenoxy) is 1. The summed E-state index contributed by atoms with van der Waals surface area (Å²) in [4.78, 5) is 19.4. The Morgan fingerprint density at radius 1 is 1.12 bits per heavy atom. The average Bonchev–Trinajstić information content (AvgIpc) is 2.67. The van der Waals surface area contributed by atoms with Crippen LogP contribution < -0.4 is 9.64 Å². The third-order valence-corrected chi connectivity index (χ3v) is 4.52. The molecule has 0 saturated heterocycles. The summed E-state index contributed by atoms with van der Waals surface area (Å²) in [7, 11) is 1.64. The van der Waals surface area contributed by atoms with E-state index in [-0.39, 0.29) is 12.3 Å². The lowest BCUT2D eigenvalue weighted by Crippen LogP contribution is -2.37. The van der Waals surface area contributed by atoms with Gasteiger partial charge in [-0.1, -0.05) is 11.6 Å².